The van der Waals surface area contributed by atoms with Crippen molar-refractivity contribution in [2.75, 3.05) is 6.54 Å². The van der Waals surface area contributed by atoms with Crippen LogP contribution in [0, 0.1) is 11.8 Å². The van der Waals surface area contributed by atoms with Crippen molar-refractivity contribution in [1.29, 1.82) is 0 Å². The van der Waals surface area contributed by atoms with E-state index < -0.39 is 0 Å². The van der Waals surface area contributed by atoms with Crippen molar-refractivity contribution in [3.05, 3.63) is 35.9 Å². The number of esters is 1. The van der Waals surface area contributed by atoms with E-state index in [9.17, 15) is 4.79 Å². The van der Waals surface area contributed by atoms with Crippen LogP contribution in [0.1, 0.15) is 39.7 Å². The van der Waals surface area contributed by atoms with Crippen molar-refractivity contribution < 1.29 is 9.53 Å². The number of benzene rings is 1. The summed E-state index contributed by atoms with van der Waals surface area (Å²) >= 11 is 0. The molecule has 0 aliphatic rings. The van der Waals surface area contributed by atoms with Gasteiger partial charge in [0, 0.05) is 0 Å². The molecule has 0 radical (unpaired) electrons. The number of carbonyl (C=O) groups is 1. The van der Waals surface area contributed by atoms with Crippen LogP contribution in [-0.2, 0) is 16.1 Å². The zero-order valence-corrected chi connectivity index (χ0v) is 13.1. The number of nitrogens with one attached hydrogen (secondary N) is 1. The molecule has 0 bridgehead atoms. The standard InChI is InChI=1S/C17H27NO2/c1-13(2)10-16(18-11-14(3)4)17(19)20-12-15-8-6-5-7-9-15/h5-9,13-14,16,18H,10-12H2,1-4H3. The van der Waals surface area contributed by atoms with Crippen molar-refractivity contribution in [3.8, 4) is 0 Å². The van der Waals surface area contributed by atoms with Crippen molar-refractivity contribution in [1.82, 2.24) is 5.32 Å². The third kappa shape index (κ3) is 6.71. The summed E-state index contributed by atoms with van der Waals surface area (Å²) in [6, 6.07) is 9.58. The summed E-state index contributed by atoms with van der Waals surface area (Å²) in [5.74, 6) is 0.832. The summed E-state index contributed by atoms with van der Waals surface area (Å²) in [7, 11) is 0. The zero-order valence-electron chi connectivity index (χ0n) is 13.1. The molecule has 0 aromatic heterocycles. The van der Waals surface area contributed by atoms with E-state index in [-0.39, 0.29) is 12.0 Å². The monoisotopic (exact) mass is 277 g/mol. The fourth-order valence-electron chi connectivity index (χ4n) is 1.94. The molecular weight excluding hydrogens is 250 g/mol. The summed E-state index contributed by atoms with van der Waals surface area (Å²) in [5.41, 5.74) is 1.02. The van der Waals surface area contributed by atoms with E-state index in [0.717, 1.165) is 18.5 Å². The molecule has 1 aromatic carbocycles. The van der Waals surface area contributed by atoms with Gasteiger partial charge < -0.3 is 10.1 Å². The summed E-state index contributed by atoms with van der Waals surface area (Å²) in [4.78, 5) is 12.2. The highest BCUT2D eigenvalue weighted by atomic mass is 16.5. The molecule has 1 aromatic rings. The maximum atomic E-state index is 12.2. The van der Waals surface area contributed by atoms with Gasteiger partial charge in [-0.15, -0.1) is 0 Å². The number of carbonyl (C=O) groups excluding carboxylic acids is 1. The summed E-state index contributed by atoms with van der Waals surface area (Å²) in [6.07, 6.45) is 0.806. The zero-order chi connectivity index (χ0) is 15.0. The first-order chi connectivity index (χ1) is 9.49. The maximum absolute atomic E-state index is 12.2. The minimum absolute atomic E-state index is 0.150. The molecule has 0 amide bonds. The van der Waals surface area contributed by atoms with Crippen molar-refractivity contribution in [2.45, 2.75) is 46.8 Å². The lowest BCUT2D eigenvalue weighted by Gasteiger charge is -2.20. The Balaban J connectivity index is 2.49. The van der Waals surface area contributed by atoms with Crippen molar-refractivity contribution in [3.63, 3.8) is 0 Å². The molecule has 1 rings (SSSR count). The largest absolute Gasteiger partial charge is 0.460 e. The molecule has 0 saturated heterocycles. The molecule has 0 heterocycles. The Morgan fingerprint density at radius 1 is 1.10 bits per heavy atom. The average Bonchev–Trinajstić information content (AvgIpc) is 2.41. The Morgan fingerprint density at radius 2 is 1.75 bits per heavy atom. The quantitative estimate of drug-likeness (QED) is 0.740. The predicted octanol–water partition coefficient (Wildman–Crippen LogP) is 3.39. The number of rotatable bonds is 8. The van der Waals surface area contributed by atoms with Crippen LogP contribution in [-0.4, -0.2) is 18.6 Å². The molecule has 1 N–H and O–H groups in total. The Morgan fingerprint density at radius 3 is 2.30 bits per heavy atom. The second-order valence-electron chi connectivity index (χ2n) is 6.08. The lowest BCUT2D eigenvalue weighted by atomic mass is 10.0. The molecule has 1 unspecified atom stereocenters. The molecule has 20 heavy (non-hydrogen) atoms. The second kappa shape index (κ2) is 8.75. The third-order valence-corrected chi connectivity index (χ3v) is 2.99. The van der Waals surface area contributed by atoms with E-state index in [0.29, 0.717) is 18.4 Å². The summed E-state index contributed by atoms with van der Waals surface area (Å²) in [5, 5.41) is 3.31. The van der Waals surface area contributed by atoms with Gasteiger partial charge in [-0.1, -0.05) is 58.0 Å². The topological polar surface area (TPSA) is 38.3 Å². The van der Waals surface area contributed by atoms with Crippen LogP contribution < -0.4 is 5.32 Å². The Labute approximate surface area is 122 Å². The maximum Gasteiger partial charge on any atom is 0.323 e. The molecule has 3 heteroatoms. The Hall–Kier alpha value is -1.35. The highest BCUT2D eigenvalue weighted by Gasteiger charge is 2.21. The molecule has 0 saturated carbocycles. The van der Waals surface area contributed by atoms with E-state index in [1.54, 1.807) is 0 Å². The van der Waals surface area contributed by atoms with Crippen LogP contribution in [0.5, 0.6) is 0 Å². The lowest BCUT2D eigenvalue weighted by molar-refractivity contribution is -0.148. The van der Waals surface area contributed by atoms with E-state index in [4.69, 9.17) is 4.74 Å². The van der Waals surface area contributed by atoms with Crippen molar-refractivity contribution in [2.24, 2.45) is 11.8 Å². The number of hydrogen-bond acceptors (Lipinski definition) is 3. The highest BCUT2D eigenvalue weighted by Crippen LogP contribution is 2.09. The van der Waals surface area contributed by atoms with E-state index in [2.05, 4.69) is 33.0 Å². The molecule has 0 fully saturated rings. The van der Waals surface area contributed by atoms with Crippen LogP contribution in [0.15, 0.2) is 30.3 Å². The fraction of sp³-hybridized carbons (Fsp3) is 0.588. The molecule has 112 valence electrons. The smallest absolute Gasteiger partial charge is 0.323 e. The molecule has 1 atom stereocenters. The van der Waals surface area contributed by atoms with Gasteiger partial charge in [-0.05, 0) is 30.4 Å². The first-order valence-electron chi connectivity index (χ1n) is 7.43. The van der Waals surface area contributed by atoms with Gasteiger partial charge in [0.25, 0.3) is 0 Å². The number of ether oxygens (including phenoxy) is 1. The van der Waals surface area contributed by atoms with Gasteiger partial charge in [0.05, 0.1) is 0 Å². The van der Waals surface area contributed by atoms with Gasteiger partial charge in [0.1, 0.15) is 12.6 Å². The average molecular weight is 277 g/mol. The molecule has 0 aliphatic heterocycles. The minimum Gasteiger partial charge on any atom is -0.460 e. The van der Waals surface area contributed by atoms with E-state index in [1.165, 1.54) is 0 Å². The van der Waals surface area contributed by atoms with Crippen LogP contribution in [0.3, 0.4) is 0 Å². The Kier molecular flexibility index (Phi) is 7.31. The summed E-state index contributed by atoms with van der Waals surface area (Å²) < 4.78 is 5.42. The normalized spacial score (nSPS) is 12.7. The highest BCUT2D eigenvalue weighted by molar-refractivity contribution is 5.75. The van der Waals surface area contributed by atoms with Crippen LogP contribution >= 0.6 is 0 Å². The molecule has 0 spiro atoms. The molecule has 0 aliphatic carbocycles. The van der Waals surface area contributed by atoms with Crippen LogP contribution in [0.25, 0.3) is 0 Å². The van der Waals surface area contributed by atoms with Gasteiger partial charge in [-0.25, -0.2) is 0 Å². The first kappa shape index (κ1) is 16.7. The van der Waals surface area contributed by atoms with Gasteiger partial charge in [-0.3, -0.25) is 4.79 Å². The van der Waals surface area contributed by atoms with Crippen molar-refractivity contribution >= 4 is 5.97 Å². The van der Waals surface area contributed by atoms with Gasteiger partial charge in [0.2, 0.25) is 0 Å². The predicted molar refractivity (Wildman–Crippen MR) is 82.3 cm³/mol. The van der Waals surface area contributed by atoms with Gasteiger partial charge in [-0.2, -0.15) is 0 Å². The minimum atomic E-state index is -0.207. The lowest BCUT2D eigenvalue weighted by Crippen LogP contribution is -2.40. The first-order valence-corrected chi connectivity index (χ1v) is 7.43. The van der Waals surface area contributed by atoms with Gasteiger partial charge >= 0.3 is 5.97 Å². The third-order valence-electron chi connectivity index (χ3n) is 2.99. The molecule has 3 nitrogen and oxygen atoms in total. The second-order valence-corrected chi connectivity index (χ2v) is 6.08. The van der Waals surface area contributed by atoms with Crippen LogP contribution in [0.4, 0.5) is 0 Å². The fourth-order valence-corrected chi connectivity index (χ4v) is 1.94. The molecular formula is C17H27NO2. The van der Waals surface area contributed by atoms with E-state index >= 15 is 0 Å². The summed E-state index contributed by atoms with van der Waals surface area (Å²) in [6.45, 7) is 9.68. The number of hydrogen-bond donors (Lipinski definition) is 1. The Bertz CT molecular complexity index is 387. The van der Waals surface area contributed by atoms with Crippen LogP contribution in [0.2, 0.25) is 0 Å². The van der Waals surface area contributed by atoms with E-state index in [1.807, 2.05) is 30.3 Å². The van der Waals surface area contributed by atoms with Gasteiger partial charge in [0.15, 0.2) is 0 Å². The SMILES string of the molecule is CC(C)CNC(CC(C)C)C(=O)OCc1ccccc1.